The topological polar surface area (TPSA) is 144 Å². The molecule has 370 valence electrons. The molecule has 7 atom stereocenters. The number of ether oxygens (including phenoxy) is 3. The second-order valence-corrected chi connectivity index (χ2v) is 22.1. The number of aryl methyl sites for hydroxylation is 1. The Morgan fingerprint density at radius 1 is 0.826 bits per heavy atom. The second kappa shape index (κ2) is 20.0. The Bertz CT molecular complexity index is 2560. The van der Waals surface area contributed by atoms with Gasteiger partial charge in [-0.3, -0.25) is 9.59 Å². The lowest BCUT2D eigenvalue weighted by Crippen LogP contribution is -2.57. The van der Waals surface area contributed by atoms with E-state index >= 15 is 0 Å². The van der Waals surface area contributed by atoms with Crippen LogP contribution in [0.15, 0.2) is 94.9 Å². The number of hydrogen-bond donors (Lipinski definition) is 3. The third-order valence-corrected chi connectivity index (χ3v) is 17.7. The molecule has 1 saturated heterocycles. The molecular formula is C57H75N5O7. The lowest BCUT2D eigenvalue weighted by atomic mass is 9.39. The van der Waals surface area contributed by atoms with Gasteiger partial charge >= 0.3 is 6.03 Å². The number of amides is 3. The number of piperidine rings is 1. The molecule has 3 saturated carbocycles. The molecule has 2 heterocycles. The average Bonchev–Trinajstić information content (AvgIpc) is 3.80. The molecule has 1 aliphatic heterocycles. The molecule has 6 aliphatic rings. The number of ketones is 1. The van der Waals surface area contributed by atoms with E-state index in [0.717, 1.165) is 98.5 Å². The standard InChI is InChI=1S/C57H75N5O7/c1-38-10-7-11-42-37-62(60-50(38)42)43-15-13-40(14-16-43)41-12-8-27-61(36-41)53(66)59-26-29-68-31-33-69-32-30-67-28-9-25-58-52(65)55(4)22-21-54(3)23-24-57(6)45(47(54)35-55)19-20-56(5)46-34-48(63)51(64)39(2)44(46)17-18-49(56)57/h7,10-11,13-18,34,37,41,45,47,64H,8-9,12,19-33,35-36H2,1-6H3,(H,58,65)(H,59,66). The first-order valence-corrected chi connectivity index (χ1v) is 25.8. The van der Waals surface area contributed by atoms with Crippen molar-refractivity contribution in [3.05, 3.63) is 106 Å². The van der Waals surface area contributed by atoms with E-state index in [9.17, 15) is 19.5 Å². The highest BCUT2D eigenvalue weighted by Crippen LogP contribution is 2.70. The number of nitrogens with one attached hydrogen (secondary N) is 2. The SMILES string of the molecule is CC1=C(O)C(=O)C=C2C1=CC=C1C2(C)CCC2C3CC(C)(C(=O)NCCCOCCOCCOCCNC(=O)N4CCCC(c5ccc(-n6cc7cccc(C)c7n6)cc5)C4)CCC3(C)CCC12C. The third-order valence-electron chi connectivity index (χ3n) is 17.7. The molecule has 7 unspecified atom stereocenters. The highest BCUT2D eigenvalue weighted by molar-refractivity contribution is 6.06. The first-order valence-electron chi connectivity index (χ1n) is 25.8. The number of fused-ring (bicyclic) bond motifs is 8. The minimum absolute atomic E-state index is 0.0183. The Kier molecular flexibility index (Phi) is 14.2. The Morgan fingerprint density at radius 2 is 1.57 bits per heavy atom. The van der Waals surface area contributed by atoms with Crippen LogP contribution in [0.25, 0.3) is 16.6 Å². The van der Waals surface area contributed by atoms with Crippen molar-refractivity contribution in [3.8, 4) is 5.69 Å². The summed E-state index contributed by atoms with van der Waals surface area (Å²) >= 11 is 0. The number of carbonyl (C=O) groups excluding carboxylic acids is 3. The summed E-state index contributed by atoms with van der Waals surface area (Å²) in [6.07, 6.45) is 18.1. The van der Waals surface area contributed by atoms with E-state index in [1.54, 1.807) is 6.08 Å². The van der Waals surface area contributed by atoms with E-state index in [0.29, 0.717) is 82.6 Å². The van der Waals surface area contributed by atoms with Crippen LogP contribution in [0, 0.1) is 40.4 Å². The van der Waals surface area contributed by atoms with Gasteiger partial charge in [-0.1, -0.05) is 75.8 Å². The molecule has 2 aromatic carbocycles. The van der Waals surface area contributed by atoms with Crippen LogP contribution in [0.4, 0.5) is 4.79 Å². The van der Waals surface area contributed by atoms with Crippen LogP contribution in [0.1, 0.15) is 116 Å². The molecule has 12 nitrogen and oxygen atoms in total. The zero-order valence-corrected chi connectivity index (χ0v) is 42.0. The number of aromatic nitrogens is 2. The van der Waals surface area contributed by atoms with Gasteiger partial charge in [0.15, 0.2) is 5.76 Å². The van der Waals surface area contributed by atoms with Crippen molar-refractivity contribution in [3.63, 3.8) is 0 Å². The van der Waals surface area contributed by atoms with Crippen molar-refractivity contribution < 1.29 is 33.7 Å². The lowest BCUT2D eigenvalue weighted by molar-refractivity contribution is -0.144. The molecular weight excluding hydrogens is 867 g/mol. The number of benzene rings is 2. The number of likely N-dealkylation sites (tertiary alicyclic amines) is 1. The summed E-state index contributed by atoms with van der Waals surface area (Å²) in [6.45, 7) is 18.6. The summed E-state index contributed by atoms with van der Waals surface area (Å²) in [5.74, 6) is 0.938. The first-order chi connectivity index (χ1) is 33.1. The smallest absolute Gasteiger partial charge is 0.317 e. The van der Waals surface area contributed by atoms with Crippen molar-refractivity contribution in [2.45, 2.75) is 112 Å². The molecule has 0 spiro atoms. The highest BCUT2D eigenvalue weighted by atomic mass is 16.5. The Labute approximate surface area is 409 Å². The summed E-state index contributed by atoms with van der Waals surface area (Å²) in [4.78, 5) is 41.7. The van der Waals surface area contributed by atoms with Gasteiger partial charge in [0.05, 0.1) is 44.2 Å². The van der Waals surface area contributed by atoms with Crippen LogP contribution >= 0.6 is 0 Å². The number of urea groups is 1. The molecule has 5 aliphatic carbocycles. The minimum Gasteiger partial charge on any atom is -0.504 e. The lowest BCUT2D eigenvalue weighted by Gasteiger charge is -2.65. The van der Waals surface area contributed by atoms with Crippen molar-refractivity contribution in [2.24, 2.45) is 33.5 Å². The fourth-order valence-corrected chi connectivity index (χ4v) is 13.4. The van der Waals surface area contributed by atoms with Gasteiger partial charge in [0.2, 0.25) is 11.7 Å². The number of aliphatic hydroxyl groups excluding tert-OH is 1. The van der Waals surface area contributed by atoms with Gasteiger partial charge in [0, 0.05) is 66.7 Å². The average molecular weight is 942 g/mol. The highest BCUT2D eigenvalue weighted by Gasteiger charge is 2.62. The zero-order chi connectivity index (χ0) is 48.6. The predicted octanol–water partition coefficient (Wildman–Crippen LogP) is 10.0. The van der Waals surface area contributed by atoms with E-state index in [-0.39, 0.29) is 39.7 Å². The number of aliphatic hydroxyl groups is 1. The van der Waals surface area contributed by atoms with E-state index in [2.05, 4.69) is 106 Å². The fourth-order valence-electron chi connectivity index (χ4n) is 13.4. The molecule has 69 heavy (non-hydrogen) atoms. The predicted molar refractivity (Wildman–Crippen MR) is 269 cm³/mol. The molecule has 3 amide bonds. The van der Waals surface area contributed by atoms with E-state index < -0.39 is 5.41 Å². The van der Waals surface area contributed by atoms with Crippen LogP contribution in [0.5, 0.6) is 0 Å². The van der Waals surface area contributed by atoms with E-state index in [1.165, 1.54) is 16.7 Å². The van der Waals surface area contributed by atoms with Gasteiger partial charge in [-0.15, -0.1) is 0 Å². The van der Waals surface area contributed by atoms with Gasteiger partial charge in [-0.2, -0.15) is 5.10 Å². The second-order valence-electron chi connectivity index (χ2n) is 22.1. The maximum Gasteiger partial charge on any atom is 0.317 e. The molecule has 0 radical (unpaired) electrons. The third kappa shape index (κ3) is 9.62. The summed E-state index contributed by atoms with van der Waals surface area (Å²) in [5.41, 5.74) is 8.16. The van der Waals surface area contributed by atoms with Crippen molar-refractivity contribution in [1.82, 2.24) is 25.3 Å². The molecule has 9 rings (SSSR count). The molecule has 0 bridgehead atoms. The van der Waals surface area contributed by atoms with Gasteiger partial charge in [-0.05, 0) is 141 Å². The number of carbonyl (C=O) groups is 3. The molecule has 3 aromatic rings. The van der Waals surface area contributed by atoms with Gasteiger partial charge in [-0.25, -0.2) is 9.48 Å². The maximum absolute atomic E-state index is 13.9. The van der Waals surface area contributed by atoms with E-state index in [1.807, 2.05) is 16.5 Å². The monoisotopic (exact) mass is 942 g/mol. The first kappa shape index (κ1) is 49.0. The quantitative estimate of drug-likeness (QED) is 0.121. The summed E-state index contributed by atoms with van der Waals surface area (Å²) in [5, 5.41) is 22.7. The van der Waals surface area contributed by atoms with Crippen LogP contribution in [0.3, 0.4) is 0 Å². The van der Waals surface area contributed by atoms with Gasteiger partial charge in [0.25, 0.3) is 0 Å². The normalized spacial score (nSPS) is 29.8. The number of hydrogen-bond acceptors (Lipinski definition) is 8. The van der Waals surface area contributed by atoms with Crippen LogP contribution in [-0.4, -0.2) is 103 Å². The zero-order valence-electron chi connectivity index (χ0n) is 42.0. The summed E-state index contributed by atoms with van der Waals surface area (Å²) < 4.78 is 19.2. The fraction of sp³-hybridized carbons (Fsp3) is 0.579. The van der Waals surface area contributed by atoms with Crippen LogP contribution in [-0.2, 0) is 23.8 Å². The number of nitrogens with zero attached hydrogens (tertiary/aromatic N) is 3. The summed E-state index contributed by atoms with van der Waals surface area (Å²) in [6, 6.07) is 14.8. The summed E-state index contributed by atoms with van der Waals surface area (Å²) in [7, 11) is 0. The van der Waals surface area contributed by atoms with Crippen molar-refractivity contribution >= 4 is 28.6 Å². The molecule has 4 fully saturated rings. The van der Waals surface area contributed by atoms with Crippen LogP contribution in [0.2, 0.25) is 0 Å². The van der Waals surface area contributed by atoms with Crippen molar-refractivity contribution in [2.75, 3.05) is 65.8 Å². The number of allylic oxidation sites excluding steroid dienone is 7. The maximum atomic E-state index is 13.9. The number of rotatable bonds is 16. The minimum atomic E-state index is -0.416. The molecule has 12 heteroatoms. The molecule has 3 N–H and O–H groups in total. The Balaban J connectivity index is 0.629. The Hall–Kier alpha value is -5.04. The van der Waals surface area contributed by atoms with Crippen LogP contribution < -0.4 is 10.6 Å². The van der Waals surface area contributed by atoms with Crippen molar-refractivity contribution in [1.29, 1.82) is 0 Å². The van der Waals surface area contributed by atoms with Gasteiger partial charge < -0.3 is 34.9 Å². The Morgan fingerprint density at radius 3 is 2.33 bits per heavy atom. The van der Waals surface area contributed by atoms with E-state index in [4.69, 9.17) is 19.3 Å². The molecule has 1 aromatic heterocycles. The largest absolute Gasteiger partial charge is 0.504 e. The van der Waals surface area contributed by atoms with Gasteiger partial charge in [0.1, 0.15) is 0 Å².